The van der Waals surface area contributed by atoms with Gasteiger partial charge >= 0.3 is 0 Å². The molecule has 5 nitrogen and oxygen atoms in total. The molecule has 0 amide bonds. The largest absolute Gasteiger partial charge is 0.359 e. The van der Waals surface area contributed by atoms with Crippen molar-refractivity contribution in [2.45, 2.75) is 26.6 Å². The van der Waals surface area contributed by atoms with Crippen molar-refractivity contribution in [3.05, 3.63) is 59.9 Å². The van der Waals surface area contributed by atoms with Crippen LogP contribution in [0.4, 0.5) is 0 Å². The summed E-state index contributed by atoms with van der Waals surface area (Å²) < 4.78 is 7.71. The van der Waals surface area contributed by atoms with Crippen LogP contribution in [0.5, 0.6) is 0 Å². The third kappa shape index (κ3) is 2.55. The van der Waals surface area contributed by atoms with E-state index < -0.39 is 0 Å². The fraction of sp³-hybridized carbons (Fsp3) is 0.294. The van der Waals surface area contributed by atoms with Crippen LogP contribution in [-0.2, 0) is 19.6 Å². The summed E-state index contributed by atoms with van der Waals surface area (Å²) in [5, 5.41) is 4.19. The maximum atomic E-state index is 5.50. The normalized spacial score (nSPS) is 15.0. The minimum atomic E-state index is 0.770. The van der Waals surface area contributed by atoms with Gasteiger partial charge in [0.15, 0.2) is 5.76 Å². The van der Waals surface area contributed by atoms with Crippen LogP contribution in [0.15, 0.2) is 47.2 Å². The van der Waals surface area contributed by atoms with Crippen LogP contribution in [-0.4, -0.2) is 26.2 Å². The quantitative estimate of drug-likeness (QED) is 0.745. The van der Waals surface area contributed by atoms with Crippen molar-refractivity contribution in [1.29, 1.82) is 0 Å². The van der Waals surface area contributed by atoms with Gasteiger partial charge in [-0.15, -0.1) is 0 Å². The van der Waals surface area contributed by atoms with E-state index in [4.69, 9.17) is 4.52 Å². The molecule has 0 unspecified atom stereocenters. The van der Waals surface area contributed by atoms with E-state index in [1.54, 1.807) is 0 Å². The number of benzene rings is 1. The maximum absolute atomic E-state index is 5.50. The van der Waals surface area contributed by atoms with Gasteiger partial charge in [-0.2, -0.15) is 0 Å². The molecule has 0 fully saturated rings. The predicted octanol–water partition coefficient (Wildman–Crippen LogP) is 2.86. The van der Waals surface area contributed by atoms with E-state index in [2.05, 4.69) is 50.8 Å². The Morgan fingerprint density at radius 2 is 2.05 bits per heavy atom. The van der Waals surface area contributed by atoms with E-state index in [-0.39, 0.29) is 0 Å². The van der Waals surface area contributed by atoms with Crippen LogP contribution in [0.1, 0.15) is 17.1 Å². The monoisotopic (exact) mass is 294 g/mol. The van der Waals surface area contributed by atoms with Crippen LogP contribution in [0.2, 0.25) is 0 Å². The lowest BCUT2D eigenvalue weighted by molar-refractivity contribution is 0.186. The fourth-order valence-electron chi connectivity index (χ4n) is 2.83. The Labute approximate surface area is 129 Å². The molecule has 3 aromatic rings. The zero-order valence-electron chi connectivity index (χ0n) is 12.6. The number of rotatable bonds is 3. The molecule has 1 aromatic carbocycles. The molecule has 5 heteroatoms. The molecule has 2 aromatic heterocycles. The fourth-order valence-corrected chi connectivity index (χ4v) is 2.83. The van der Waals surface area contributed by atoms with Gasteiger partial charge in [0.2, 0.25) is 0 Å². The highest BCUT2D eigenvalue weighted by Crippen LogP contribution is 2.21. The standard InChI is InChI=1S/C17H18N4O/c1-13-2-4-14(5-3-13)16-10-15(22-19-16)11-20-8-9-21-7-6-18-17(21)12-20/h2-7,10H,8-9,11-12H2,1H3. The molecule has 1 aliphatic heterocycles. The number of hydrogen-bond donors (Lipinski definition) is 0. The third-order valence-corrected chi connectivity index (χ3v) is 4.11. The van der Waals surface area contributed by atoms with Gasteiger partial charge in [-0.05, 0) is 6.92 Å². The number of imidazole rings is 1. The Morgan fingerprint density at radius 3 is 2.91 bits per heavy atom. The van der Waals surface area contributed by atoms with E-state index >= 15 is 0 Å². The minimum Gasteiger partial charge on any atom is -0.359 e. The second-order valence-corrected chi connectivity index (χ2v) is 5.79. The van der Waals surface area contributed by atoms with Gasteiger partial charge < -0.3 is 9.09 Å². The van der Waals surface area contributed by atoms with E-state index in [0.29, 0.717) is 0 Å². The molecule has 0 spiro atoms. The highest BCUT2D eigenvalue weighted by Gasteiger charge is 2.18. The molecule has 0 bridgehead atoms. The number of nitrogens with zero attached hydrogens (tertiary/aromatic N) is 4. The Morgan fingerprint density at radius 1 is 1.18 bits per heavy atom. The third-order valence-electron chi connectivity index (χ3n) is 4.11. The molecule has 0 atom stereocenters. The lowest BCUT2D eigenvalue weighted by Gasteiger charge is -2.26. The first-order valence-electron chi connectivity index (χ1n) is 7.53. The van der Waals surface area contributed by atoms with Gasteiger partial charge in [-0.1, -0.05) is 35.0 Å². The summed E-state index contributed by atoms with van der Waals surface area (Å²) in [7, 11) is 0. The van der Waals surface area contributed by atoms with Gasteiger partial charge in [0.05, 0.1) is 13.1 Å². The summed E-state index contributed by atoms with van der Waals surface area (Å²) >= 11 is 0. The van der Waals surface area contributed by atoms with Crippen LogP contribution >= 0.6 is 0 Å². The summed E-state index contributed by atoms with van der Waals surface area (Å²) in [5.74, 6) is 2.01. The first-order valence-corrected chi connectivity index (χ1v) is 7.53. The zero-order valence-corrected chi connectivity index (χ0v) is 12.6. The molecule has 112 valence electrons. The second-order valence-electron chi connectivity index (χ2n) is 5.79. The van der Waals surface area contributed by atoms with Crippen LogP contribution in [0.25, 0.3) is 11.3 Å². The summed E-state index contributed by atoms with van der Waals surface area (Å²) in [6, 6.07) is 10.4. The SMILES string of the molecule is Cc1ccc(-c2cc(CN3CCn4ccnc4C3)on2)cc1. The molecular formula is C17H18N4O. The zero-order chi connectivity index (χ0) is 14.9. The lowest BCUT2D eigenvalue weighted by Crippen LogP contribution is -2.33. The van der Waals surface area contributed by atoms with E-state index in [1.807, 2.05) is 18.5 Å². The van der Waals surface area contributed by atoms with Crippen molar-refractivity contribution in [2.75, 3.05) is 6.54 Å². The Balaban J connectivity index is 1.47. The van der Waals surface area contributed by atoms with E-state index in [0.717, 1.165) is 49.0 Å². The first kappa shape index (κ1) is 13.3. The van der Waals surface area contributed by atoms with Crippen LogP contribution < -0.4 is 0 Å². The molecule has 0 saturated heterocycles. The highest BCUT2D eigenvalue weighted by molar-refractivity contribution is 5.59. The molecule has 0 N–H and O–H groups in total. The Kier molecular flexibility index (Phi) is 3.27. The van der Waals surface area contributed by atoms with Gasteiger partial charge in [0.25, 0.3) is 0 Å². The predicted molar refractivity (Wildman–Crippen MR) is 83.0 cm³/mol. The maximum Gasteiger partial charge on any atom is 0.151 e. The van der Waals surface area contributed by atoms with Crippen molar-refractivity contribution in [3.8, 4) is 11.3 Å². The molecule has 22 heavy (non-hydrogen) atoms. The van der Waals surface area contributed by atoms with Gasteiger partial charge in [-0.3, -0.25) is 4.90 Å². The lowest BCUT2D eigenvalue weighted by atomic mass is 10.1. The van der Waals surface area contributed by atoms with Crippen molar-refractivity contribution in [2.24, 2.45) is 0 Å². The molecular weight excluding hydrogens is 276 g/mol. The van der Waals surface area contributed by atoms with E-state index in [1.165, 1.54) is 5.56 Å². The summed E-state index contributed by atoms with van der Waals surface area (Å²) in [5.41, 5.74) is 3.24. The Bertz CT molecular complexity index is 772. The highest BCUT2D eigenvalue weighted by atomic mass is 16.5. The first-order chi connectivity index (χ1) is 10.8. The summed E-state index contributed by atoms with van der Waals surface area (Å²) in [4.78, 5) is 6.72. The molecule has 0 aliphatic carbocycles. The van der Waals surface area contributed by atoms with Crippen molar-refractivity contribution < 1.29 is 4.52 Å². The number of aryl methyl sites for hydroxylation is 1. The average Bonchev–Trinajstić information content (AvgIpc) is 3.17. The smallest absolute Gasteiger partial charge is 0.151 e. The van der Waals surface area contributed by atoms with Gasteiger partial charge in [0, 0.05) is 37.1 Å². The topological polar surface area (TPSA) is 47.1 Å². The van der Waals surface area contributed by atoms with Crippen LogP contribution in [0.3, 0.4) is 0 Å². The molecule has 1 aliphatic rings. The molecule has 0 saturated carbocycles. The summed E-state index contributed by atoms with van der Waals surface area (Å²) in [6.07, 6.45) is 3.90. The van der Waals surface area contributed by atoms with Gasteiger partial charge in [0.1, 0.15) is 11.5 Å². The molecule has 4 rings (SSSR count). The van der Waals surface area contributed by atoms with Crippen molar-refractivity contribution in [1.82, 2.24) is 19.6 Å². The van der Waals surface area contributed by atoms with Gasteiger partial charge in [-0.25, -0.2) is 4.98 Å². The number of fused-ring (bicyclic) bond motifs is 1. The van der Waals surface area contributed by atoms with Crippen LogP contribution in [0, 0.1) is 6.92 Å². The summed E-state index contributed by atoms with van der Waals surface area (Å²) in [6.45, 7) is 5.69. The average molecular weight is 294 g/mol. The van der Waals surface area contributed by atoms with Crippen molar-refractivity contribution >= 4 is 0 Å². The molecule has 3 heterocycles. The van der Waals surface area contributed by atoms with E-state index in [9.17, 15) is 0 Å². The molecule has 0 radical (unpaired) electrons. The van der Waals surface area contributed by atoms with Crippen molar-refractivity contribution in [3.63, 3.8) is 0 Å². The Hall–Kier alpha value is -2.40. The minimum absolute atomic E-state index is 0.770. The second kappa shape index (κ2) is 5.42. The number of hydrogen-bond acceptors (Lipinski definition) is 4. The number of aromatic nitrogens is 3.